The Kier molecular flexibility index (Phi) is 4.20. The van der Waals surface area contributed by atoms with Crippen LogP contribution in [-0.2, 0) is 20.9 Å². The van der Waals surface area contributed by atoms with E-state index in [1.807, 2.05) is 0 Å². The van der Waals surface area contributed by atoms with Crippen molar-refractivity contribution in [3.63, 3.8) is 0 Å². The quantitative estimate of drug-likeness (QED) is 0.820. The second-order valence-corrected chi connectivity index (χ2v) is 6.83. The average molecular weight is 339 g/mol. The lowest BCUT2D eigenvalue weighted by molar-refractivity contribution is -0.137. The van der Waals surface area contributed by atoms with Crippen LogP contribution in [-0.4, -0.2) is 50.1 Å². The molecule has 1 heterocycles. The van der Waals surface area contributed by atoms with E-state index < -0.39 is 38.2 Å². The van der Waals surface area contributed by atoms with Gasteiger partial charge in [0.15, 0.2) is 0 Å². The molecule has 0 aromatic heterocycles. The highest BCUT2D eigenvalue weighted by Crippen LogP contribution is 2.32. The largest absolute Gasteiger partial charge is 0.478 e. The molecule has 0 spiro atoms. The molecule has 1 aliphatic heterocycles. The van der Waals surface area contributed by atoms with E-state index in [9.17, 15) is 26.4 Å². The zero-order valence-corrected chi connectivity index (χ0v) is 12.1. The van der Waals surface area contributed by atoms with Gasteiger partial charge in [0, 0.05) is 13.6 Å². The molecular weight excluding hydrogens is 327 g/mol. The summed E-state index contributed by atoms with van der Waals surface area (Å²) in [5, 5.41) is 8.86. The van der Waals surface area contributed by atoms with E-state index >= 15 is 0 Å². The van der Waals surface area contributed by atoms with Crippen molar-refractivity contribution in [1.82, 2.24) is 4.31 Å². The zero-order chi connectivity index (χ0) is 16.7. The smallest absolute Gasteiger partial charge is 0.416 e. The molecule has 2 rings (SSSR count). The molecule has 0 radical (unpaired) electrons. The summed E-state index contributed by atoms with van der Waals surface area (Å²) in [5.74, 6) is -1.64. The van der Waals surface area contributed by atoms with Crippen LogP contribution >= 0.6 is 0 Å². The van der Waals surface area contributed by atoms with Crippen LogP contribution in [0.4, 0.5) is 13.2 Å². The number of nitrogens with zero attached hydrogens (tertiary/aromatic N) is 1. The second-order valence-electron chi connectivity index (χ2n) is 4.79. The van der Waals surface area contributed by atoms with E-state index in [2.05, 4.69) is 0 Å². The number of epoxide rings is 1. The Labute approximate surface area is 124 Å². The Balaban J connectivity index is 2.48. The van der Waals surface area contributed by atoms with Crippen molar-refractivity contribution >= 4 is 16.0 Å². The number of hydrogen-bond donors (Lipinski definition) is 1. The van der Waals surface area contributed by atoms with Gasteiger partial charge in [0.1, 0.15) is 0 Å². The third kappa shape index (κ3) is 3.57. The van der Waals surface area contributed by atoms with E-state index in [4.69, 9.17) is 9.84 Å². The number of rotatable bonds is 5. The molecule has 1 atom stereocenters. The van der Waals surface area contributed by atoms with Gasteiger partial charge in [-0.2, -0.15) is 17.5 Å². The second kappa shape index (κ2) is 5.52. The van der Waals surface area contributed by atoms with E-state index in [0.717, 1.165) is 4.31 Å². The summed E-state index contributed by atoms with van der Waals surface area (Å²) in [6.45, 7) is 0.365. The van der Waals surface area contributed by atoms with Crippen molar-refractivity contribution < 1.29 is 36.2 Å². The van der Waals surface area contributed by atoms with Crippen molar-refractivity contribution in [2.24, 2.45) is 0 Å². The number of carbonyl (C=O) groups is 1. The fraction of sp³-hybridized carbons (Fsp3) is 0.417. The first kappa shape index (κ1) is 16.7. The Hall–Kier alpha value is -1.65. The standard InChI is InChI=1S/C12H12F3NO5S/c1-16(5-9-6-21-9)22(19,20)10-3-7(11(17)18)2-8(4-10)12(13,14)15/h2-4,9H,5-6H2,1H3,(H,17,18)/t9-/m0/s1. The predicted molar refractivity (Wildman–Crippen MR) is 68.0 cm³/mol. The molecule has 22 heavy (non-hydrogen) atoms. The minimum Gasteiger partial charge on any atom is -0.478 e. The number of aromatic carboxylic acids is 1. The predicted octanol–water partition coefficient (Wildman–Crippen LogP) is 1.42. The minimum atomic E-state index is -4.85. The molecule has 1 N–H and O–H groups in total. The summed E-state index contributed by atoms with van der Waals surface area (Å²) >= 11 is 0. The molecule has 1 fully saturated rings. The number of hydrogen-bond acceptors (Lipinski definition) is 4. The van der Waals surface area contributed by atoms with Crippen LogP contribution in [0.3, 0.4) is 0 Å². The van der Waals surface area contributed by atoms with Gasteiger partial charge >= 0.3 is 12.1 Å². The molecule has 6 nitrogen and oxygen atoms in total. The lowest BCUT2D eigenvalue weighted by Gasteiger charge is -2.17. The van der Waals surface area contributed by atoms with Gasteiger partial charge in [-0.3, -0.25) is 0 Å². The summed E-state index contributed by atoms with van der Waals surface area (Å²) in [7, 11) is -3.05. The highest BCUT2D eigenvalue weighted by Gasteiger charge is 2.35. The van der Waals surface area contributed by atoms with Crippen molar-refractivity contribution in [3.8, 4) is 0 Å². The lowest BCUT2D eigenvalue weighted by atomic mass is 10.1. The van der Waals surface area contributed by atoms with Crippen LogP contribution in [0, 0.1) is 0 Å². The van der Waals surface area contributed by atoms with Gasteiger partial charge in [0.2, 0.25) is 10.0 Å². The van der Waals surface area contributed by atoms with Crippen molar-refractivity contribution in [2.75, 3.05) is 20.2 Å². The van der Waals surface area contributed by atoms with E-state index in [-0.39, 0.29) is 12.6 Å². The summed E-state index contributed by atoms with van der Waals surface area (Å²) in [6, 6.07) is 1.52. The lowest BCUT2D eigenvalue weighted by Crippen LogP contribution is -2.31. The molecular formula is C12H12F3NO5S. The maximum Gasteiger partial charge on any atom is 0.416 e. The number of likely N-dealkylation sites (N-methyl/N-ethyl adjacent to an activating group) is 1. The number of ether oxygens (including phenoxy) is 1. The van der Waals surface area contributed by atoms with Crippen LogP contribution in [0.5, 0.6) is 0 Å². The van der Waals surface area contributed by atoms with Gasteiger partial charge < -0.3 is 9.84 Å². The van der Waals surface area contributed by atoms with Gasteiger partial charge in [-0.25, -0.2) is 13.2 Å². The van der Waals surface area contributed by atoms with Crippen molar-refractivity contribution in [1.29, 1.82) is 0 Å². The molecule has 1 aromatic carbocycles. The van der Waals surface area contributed by atoms with Crippen molar-refractivity contribution in [3.05, 3.63) is 29.3 Å². The summed E-state index contributed by atoms with van der Waals surface area (Å²) in [6.07, 6.45) is -5.14. The molecule has 10 heteroatoms. The molecule has 0 amide bonds. The fourth-order valence-electron chi connectivity index (χ4n) is 1.77. The van der Waals surface area contributed by atoms with E-state index in [1.165, 1.54) is 7.05 Å². The first-order valence-electron chi connectivity index (χ1n) is 6.05. The van der Waals surface area contributed by atoms with Crippen LogP contribution in [0.2, 0.25) is 0 Å². The van der Waals surface area contributed by atoms with Gasteiger partial charge in [-0.05, 0) is 18.2 Å². The maximum atomic E-state index is 12.8. The Morgan fingerprint density at radius 3 is 2.45 bits per heavy atom. The highest BCUT2D eigenvalue weighted by atomic mass is 32.2. The fourth-order valence-corrected chi connectivity index (χ4v) is 3.05. The SMILES string of the molecule is CN(C[C@H]1CO1)S(=O)(=O)c1cc(C(=O)O)cc(C(F)(F)F)c1. The van der Waals surface area contributed by atoms with Gasteiger partial charge in [-0.1, -0.05) is 0 Å². The Morgan fingerprint density at radius 1 is 1.41 bits per heavy atom. The summed E-state index contributed by atoms with van der Waals surface area (Å²) in [5.41, 5.74) is -2.08. The van der Waals surface area contributed by atoms with E-state index in [0.29, 0.717) is 24.8 Å². The first-order chi connectivity index (χ1) is 10.0. The summed E-state index contributed by atoms with van der Waals surface area (Å²) in [4.78, 5) is 10.2. The molecule has 0 unspecified atom stereocenters. The number of halogens is 3. The number of benzene rings is 1. The normalized spacial score (nSPS) is 18.5. The van der Waals surface area contributed by atoms with Crippen LogP contribution in [0.1, 0.15) is 15.9 Å². The molecule has 0 bridgehead atoms. The number of carboxylic acid groups (broad SMARTS) is 1. The molecule has 1 aromatic rings. The summed E-state index contributed by atoms with van der Waals surface area (Å²) < 4.78 is 68.6. The van der Waals surface area contributed by atoms with E-state index in [1.54, 1.807) is 0 Å². The van der Waals surface area contributed by atoms with Crippen LogP contribution < -0.4 is 0 Å². The molecule has 1 aliphatic rings. The monoisotopic (exact) mass is 339 g/mol. The highest BCUT2D eigenvalue weighted by molar-refractivity contribution is 7.89. The maximum absolute atomic E-state index is 12.8. The van der Waals surface area contributed by atoms with Gasteiger partial charge in [-0.15, -0.1) is 0 Å². The molecule has 0 aliphatic carbocycles. The Bertz CT molecular complexity index is 697. The molecule has 122 valence electrons. The minimum absolute atomic E-state index is 0.0129. The van der Waals surface area contributed by atoms with Gasteiger partial charge in [0.05, 0.1) is 28.7 Å². The molecule has 0 saturated carbocycles. The molecule has 1 saturated heterocycles. The van der Waals surface area contributed by atoms with Crippen LogP contribution in [0.15, 0.2) is 23.1 Å². The number of alkyl halides is 3. The zero-order valence-electron chi connectivity index (χ0n) is 11.3. The number of carboxylic acids is 1. The Morgan fingerprint density at radius 2 is 2.00 bits per heavy atom. The topological polar surface area (TPSA) is 87.2 Å². The number of sulfonamides is 1. The van der Waals surface area contributed by atoms with Crippen LogP contribution in [0.25, 0.3) is 0 Å². The third-order valence-corrected chi connectivity index (χ3v) is 4.85. The average Bonchev–Trinajstić information content (AvgIpc) is 3.20. The van der Waals surface area contributed by atoms with Gasteiger partial charge in [0.25, 0.3) is 0 Å². The first-order valence-corrected chi connectivity index (χ1v) is 7.49. The van der Waals surface area contributed by atoms with Crippen molar-refractivity contribution in [2.45, 2.75) is 17.2 Å². The third-order valence-electron chi connectivity index (χ3n) is 3.05.